The highest BCUT2D eigenvalue weighted by atomic mass is 79.9. The van der Waals surface area contributed by atoms with Gasteiger partial charge in [0.25, 0.3) is 0 Å². The molecule has 2 N–H and O–H groups in total. The summed E-state index contributed by atoms with van der Waals surface area (Å²) in [5, 5.41) is 10.7. The fourth-order valence-electron chi connectivity index (χ4n) is 1.70. The number of amides is 1. The third kappa shape index (κ3) is 2.49. The maximum atomic E-state index is 13.5. The Morgan fingerprint density at radius 3 is 2.65 bits per heavy atom. The van der Waals surface area contributed by atoms with E-state index in [0.29, 0.717) is 13.1 Å². The minimum Gasteiger partial charge on any atom is -0.465 e. The van der Waals surface area contributed by atoms with Crippen LogP contribution in [0, 0.1) is 11.6 Å². The number of nitrogens with zero attached hydrogens (tertiary/aromatic N) is 1. The van der Waals surface area contributed by atoms with Crippen LogP contribution in [-0.2, 0) is 0 Å². The van der Waals surface area contributed by atoms with Gasteiger partial charge in [-0.1, -0.05) is 0 Å². The smallest absolute Gasteiger partial charge is 0.405 e. The molecule has 0 bridgehead atoms. The van der Waals surface area contributed by atoms with Crippen molar-refractivity contribution in [2.75, 3.05) is 18.0 Å². The molecular formula is C10H9BrF2N2O2. The van der Waals surface area contributed by atoms with Crippen LogP contribution in [0.1, 0.15) is 0 Å². The Bertz CT molecular complexity index is 464. The van der Waals surface area contributed by atoms with Gasteiger partial charge in [-0.15, -0.1) is 0 Å². The predicted octanol–water partition coefficient (Wildman–Crippen LogP) is 2.18. The maximum Gasteiger partial charge on any atom is 0.405 e. The number of hydrogen-bond donors (Lipinski definition) is 2. The summed E-state index contributed by atoms with van der Waals surface area (Å²) in [5.74, 6) is -1.08. The van der Waals surface area contributed by atoms with Crippen molar-refractivity contribution in [3.05, 3.63) is 28.2 Å². The zero-order valence-electron chi connectivity index (χ0n) is 8.58. The number of anilines is 1. The van der Waals surface area contributed by atoms with Crippen LogP contribution in [0.15, 0.2) is 16.6 Å². The second kappa shape index (κ2) is 4.48. The van der Waals surface area contributed by atoms with Gasteiger partial charge in [-0.25, -0.2) is 13.6 Å². The Labute approximate surface area is 104 Å². The van der Waals surface area contributed by atoms with Crippen molar-refractivity contribution in [1.82, 2.24) is 5.32 Å². The third-order valence-corrected chi connectivity index (χ3v) is 3.15. The molecule has 1 saturated heterocycles. The SMILES string of the molecule is O=C(O)NC1CN(c2cc(F)c(Br)cc2F)C1. The van der Waals surface area contributed by atoms with E-state index in [2.05, 4.69) is 21.2 Å². The van der Waals surface area contributed by atoms with E-state index in [0.717, 1.165) is 12.1 Å². The average Bonchev–Trinajstić information content (AvgIpc) is 2.17. The summed E-state index contributed by atoms with van der Waals surface area (Å²) in [6.07, 6.45) is -1.11. The quantitative estimate of drug-likeness (QED) is 0.824. The lowest BCUT2D eigenvalue weighted by Gasteiger charge is -2.40. The molecule has 7 heteroatoms. The summed E-state index contributed by atoms with van der Waals surface area (Å²) in [4.78, 5) is 11.9. The first-order valence-electron chi connectivity index (χ1n) is 4.86. The average molecular weight is 307 g/mol. The van der Waals surface area contributed by atoms with Crippen molar-refractivity contribution in [3.63, 3.8) is 0 Å². The van der Waals surface area contributed by atoms with Crippen LogP contribution in [-0.4, -0.2) is 30.3 Å². The Morgan fingerprint density at radius 2 is 2.06 bits per heavy atom. The van der Waals surface area contributed by atoms with Gasteiger partial charge in [-0.05, 0) is 22.0 Å². The normalized spacial score (nSPS) is 15.6. The van der Waals surface area contributed by atoms with Gasteiger partial charge in [0, 0.05) is 19.2 Å². The van der Waals surface area contributed by atoms with Gasteiger partial charge in [-0.2, -0.15) is 0 Å². The molecule has 0 aromatic heterocycles. The fourth-order valence-corrected chi connectivity index (χ4v) is 2.01. The van der Waals surface area contributed by atoms with Crippen LogP contribution >= 0.6 is 15.9 Å². The first kappa shape index (κ1) is 12.1. The number of nitrogens with one attached hydrogen (secondary N) is 1. The number of carboxylic acid groups (broad SMARTS) is 1. The molecule has 0 radical (unpaired) electrons. The minimum absolute atomic E-state index is 0.0690. The van der Waals surface area contributed by atoms with Crippen LogP contribution in [0.5, 0.6) is 0 Å². The number of benzene rings is 1. The van der Waals surface area contributed by atoms with Crippen LogP contribution in [0.3, 0.4) is 0 Å². The lowest BCUT2D eigenvalue weighted by molar-refractivity contribution is 0.187. The van der Waals surface area contributed by atoms with E-state index in [1.165, 1.54) is 0 Å². The molecule has 1 amide bonds. The second-order valence-electron chi connectivity index (χ2n) is 3.77. The van der Waals surface area contributed by atoms with E-state index < -0.39 is 17.7 Å². The lowest BCUT2D eigenvalue weighted by atomic mass is 10.1. The number of halogens is 3. The molecule has 0 atom stereocenters. The molecule has 1 aliphatic rings. The maximum absolute atomic E-state index is 13.5. The summed E-state index contributed by atoms with van der Waals surface area (Å²) in [6, 6.07) is 1.91. The van der Waals surface area contributed by atoms with Crippen molar-refractivity contribution < 1.29 is 18.7 Å². The number of carbonyl (C=O) groups is 1. The molecule has 1 aromatic carbocycles. The van der Waals surface area contributed by atoms with E-state index in [-0.39, 0.29) is 16.2 Å². The van der Waals surface area contributed by atoms with Crippen LogP contribution < -0.4 is 10.2 Å². The van der Waals surface area contributed by atoms with E-state index in [4.69, 9.17) is 5.11 Å². The predicted molar refractivity (Wildman–Crippen MR) is 61.2 cm³/mol. The monoisotopic (exact) mass is 306 g/mol. The molecule has 0 saturated carbocycles. The molecule has 1 fully saturated rings. The molecule has 1 heterocycles. The first-order valence-corrected chi connectivity index (χ1v) is 5.65. The third-order valence-electron chi connectivity index (χ3n) is 2.54. The molecule has 0 spiro atoms. The Hall–Kier alpha value is -1.37. The van der Waals surface area contributed by atoms with E-state index in [1.54, 1.807) is 4.90 Å². The fraction of sp³-hybridized carbons (Fsp3) is 0.300. The highest BCUT2D eigenvalue weighted by Gasteiger charge is 2.30. The van der Waals surface area contributed by atoms with Crippen molar-refractivity contribution in [1.29, 1.82) is 0 Å². The Balaban J connectivity index is 2.06. The summed E-state index contributed by atoms with van der Waals surface area (Å²) in [7, 11) is 0. The molecule has 4 nitrogen and oxygen atoms in total. The largest absolute Gasteiger partial charge is 0.465 e. The van der Waals surface area contributed by atoms with Crippen molar-refractivity contribution in [3.8, 4) is 0 Å². The lowest BCUT2D eigenvalue weighted by Crippen LogP contribution is -2.59. The standard InChI is InChI=1S/C10H9BrF2N2O2/c11-6-1-8(13)9(2-7(6)12)15-3-5(4-15)14-10(16)17/h1-2,5,14H,3-4H2,(H,16,17). The first-order chi connectivity index (χ1) is 7.97. The van der Waals surface area contributed by atoms with Gasteiger partial charge in [0.1, 0.15) is 11.6 Å². The van der Waals surface area contributed by atoms with E-state index in [1.807, 2.05) is 0 Å². The summed E-state index contributed by atoms with van der Waals surface area (Å²) < 4.78 is 26.8. The van der Waals surface area contributed by atoms with Gasteiger partial charge >= 0.3 is 6.09 Å². The molecule has 1 aliphatic heterocycles. The van der Waals surface area contributed by atoms with Gasteiger partial charge in [0.2, 0.25) is 0 Å². The van der Waals surface area contributed by atoms with Gasteiger partial charge in [0.05, 0.1) is 16.2 Å². The number of rotatable bonds is 2. The Morgan fingerprint density at radius 1 is 1.41 bits per heavy atom. The minimum atomic E-state index is -1.11. The van der Waals surface area contributed by atoms with Crippen molar-refractivity contribution >= 4 is 27.7 Å². The molecule has 17 heavy (non-hydrogen) atoms. The summed E-state index contributed by atoms with van der Waals surface area (Å²) in [6.45, 7) is 0.675. The van der Waals surface area contributed by atoms with Crippen LogP contribution in [0.2, 0.25) is 0 Å². The number of hydrogen-bond acceptors (Lipinski definition) is 2. The highest BCUT2D eigenvalue weighted by molar-refractivity contribution is 9.10. The second-order valence-corrected chi connectivity index (χ2v) is 4.62. The van der Waals surface area contributed by atoms with Gasteiger partial charge in [0.15, 0.2) is 0 Å². The molecule has 1 aromatic rings. The van der Waals surface area contributed by atoms with Gasteiger partial charge in [-0.3, -0.25) is 0 Å². The molecule has 0 unspecified atom stereocenters. The molecule has 92 valence electrons. The zero-order valence-corrected chi connectivity index (χ0v) is 10.2. The molecular weight excluding hydrogens is 298 g/mol. The topological polar surface area (TPSA) is 52.6 Å². The van der Waals surface area contributed by atoms with Crippen LogP contribution in [0.25, 0.3) is 0 Å². The van der Waals surface area contributed by atoms with Crippen LogP contribution in [0.4, 0.5) is 19.3 Å². The molecule has 2 rings (SSSR count). The zero-order chi connectivity index (χ0) is 12.6. The van der Waals surface area contributed by atoms with Crippen molar-refractivity contribution in [2.24, 2.45) is 0 Å². The van der Waals surface area contributed by atoms with E-state index in [9.17, 15) is 13.6 Å². The van der Waals surface area contributed by atoms with Gasteiger partial charge < -0.3 is 15.3 Å². The Kier molecular flexibility index (Phi) is 3.19. The summed E-state index contributed by atoms with van der Waals surface area (Å²) in [5.41, 5.74) is 0.147. The highest BCUT2D eigenvalue weighted by Crippen LogP contribution is 2.29. The van der Waals surface area contributed by atoms with E-state index >= 15 is 0 Å². The van der Waals surface area contributed by atoms with Crippen molar-refractivity contribution in [2.45, 2.75) is 6.04 Å². The summed E-state index contributed by atoms with van der Waals surface area (Å²) >= 11 is 2.89. The molecule has 0 aliphatic carbocycles.